The largest absolute Gasteiger partial charge is 0.497 e. The number of amides is 2. The third kappa shape index (κ3) is 9.50. The highest BCUT2D eigenvalue weighted by Crippen LogP contribution is 2.36. The summed E-state index contributed by atoms with van der Waals surface area (Å²) in [5.74, 6) is 0.0105. The summed E-state index contributed by atoms with van der Waals surface area (Å²) in [7, 11) is 1.61. The molecule has 1 aromatic carbocycles. The van der Waals surface area contributed by atoms with Gasteiger partial charge in [0.2, 0.25) is 11.8 Å². The number of methoxy groups -OCH3 is 1. The van der Waals surface area contributed by atoms with Gasteiger partial charge in [-0.1, -0.05) is 59.8 Å². The summed E-state index contributed by atoms with van der Waals surface area (Å²) in [6, 6.07) is 3.90. The summed E-state index contributed by atoms with van der Waals surface area (Å²) >= 11 is 0. The maximum Gasteiger partial charge on any atom is 0.408 e. The van der Waals surface area contributed by atoms with Crippen LogP contribution < -0.4 is 14.8 Å². The van der Waals surface area contributed by atoms with Crippen LogP contribution >= 0.6 is 0 Å². The average Bonchev–Trinajstić information content (AvgIpc) is 3.72. The van der Waals surface area contributed by atoms with Gasteiger partial charge in [0.25, 0.3) is 0 Å². The zero-order valence-corrected chi connectivity index (χ0v) is 30.0. The van der Waals surface area contributed by atoms with Crippen LogP contribution in [0, 0.1) is 17.8 Å². The van der Waals surface area contributed by atoms with Crippen LogP contribution in [0.3, 0.4) is 0 Å². The van der Waals surface area contributed by atoms with Gasteiger partial charge in [0.15, 0.2) is 0 Å². The number of esters is 1. The van der Waals surface area contributed by atoms with Gasteiger partial charge in [-0.2, -0.15) is 0 Å². The number of rotatable bonds is 16. The lowest BCUT2D eigenvalue weighted by molar-refractivity contribution is -0.156. The van der Waals surface area contributed by atoms with Gasteiger partial charge in [-0.3, -0.25) is 4.79 Å². The van der Waals surface area contributed by atoms with Crippen LogP contribution in [0.5, 0.6) is 11.6 Å². The van der Waals surface area contributed by atoms with E-state index in [-0.39, 0.29) is 42.9 Å². The average molecular weight is 669 g/mol. The Morgan fingerprint density at radius 1 is 1.00 bits per heavy atom. The van der Waals surface area contributed by atoms with E-state index < -0.39 is 30.3 Å². The third-order valence-corrected chi connectivity index (χ3v) is 9.34. The molecule has 11 nitrogen and oxygen atoms in total. The zero-order chi connectivity index (χ0) is 34.8. The van der Waals surface area contributed by atoms with E-state index in [9.17, 15) is 14.4 Å². The molecule has 0 radical (unpaired) electrons. The number of carbonyl (C=O) groups excluding carboxylic acids is 3. The minimum atomic E-state index is -0.875. The summed E-state index contributed by atoms with van der Waals surface area (Å²) < 4.78 is 23.4. The van der Waals surface area contributed by atoms with Crippen LogP contribution in [0.1, 0.15) is 105 Å². The van der Waals surface area contributed by atoms with Crippen molar-refractivity contribution in [2.45, 2.75) is 130 Å². The molecule has 4 atom stereocenters. The van der Waals surface area contributed by atoms with Gasteiger partial charge in [0, 0.05) is 12.0 Å². The van der Waals surface area contributed by atoms with Crippen LogP contribution in [-0.4, -0.2) is 77.4 Å². The molecule has 2 aromatic rings. The summed E-state index contributed by atoms with van der Waals surface area (Å²) in [6.07, 6.45) is 7.58. The number of hydrogen-bond acceptors (Lipinski definition) is 9. The highest BCUT2D eigenvalue weighted by atomic mass is 16.6. The highest BCUT2D eigenvalue weighted by molar-refractivity contribution is 5.91. The van der Waals surface area contributed by atoms with E-state index in [2.05, 4.69) is 12.2 Å². The fourth-order valence-corrected chi connectivity index (χ4v) is 6.88. The number of nitrogens with zero attached hydrogens (tertiary/aromatic N) is 3. The normalized spacial score (nSPS) is 20.4. The third-order valence-electron chi connectivity index (χ3n) is 9.34. The van der Waals surface area contributed by atoms with Crippen LogP contribution in [0.15, 0.2) is 18.2 Å². The molecule has 266 valence electrons. The Morgan fingerprint density at radius 3 is 2.40 bits per heavy atom. The molecule has 2 amide bonds. The number of alkyl carbamates (subject to hydrolysis) is 1. The van der Waals surface area contributed by atoms with Crippen molar-refractivity contribution in [1.29, 1.82) is 0 Å². The Hall–Kier alpha value is -3.63. The fraction of sp³-hybridized carbons (Fsp3) is 0.703. The predicted molar refractivity (Wildman–Crippen MR) is 184 cm³/mol. The topological polar surface area (TPSA) is 129 Å². The minimum absolute atomic E-state index is 0.0550. The van der Waals surface area contributed by atoms with E-state index in [1.807, 2.05) is 39.0 Å². The zero-order valence-electron chi connectivity index (χ0n) is 30.0. The summed E-state index contributed by atoms with van der Waals surface area (Å²) in [5, 5.41) is 2.87. The molecule has 0 bridgehead atoms. The number of ether oxygens (including phenoxy) is 4. The second-order valence-corrected chi connectivity index (χ2v) is 13.9. The number of unbranched alkanes of at least 4 members (excludes halogenated alkanes) is 3. The molecule has 1 aromatic heterocycles. The molecule has 4 unspecified atom stereocenters. The van der Waals surface area contributed by atoms with Crippen molar-refractivity contribution in [2.75, 3.05) is 20.3 Å². The van der Waals surface area contributed by atoms with Crippen molar-refractivity contribution < 1.29 is 33.3 Å². The van der Waals surface area contributed by atoms with Gasteiger partial charge in [0.05, 0.1) is 37.4 Å². The van der Waals surface area contributed by atoms with E-state index >= 15 is 0 Å². The summed E-state index contributed by atoms with van der Waals surface area (Å²) in [4.78, 5) is 52.7. The standard InChI is InChI=1S/C37H56N4O7/c1-8-10-11-12-17-29-34(39-30-20-26(45-7)18-19-28(30)38-29)48-31-21-41(33(27(31)9-2)36(43)46-22-23(3)4)35(42)32(25-15-13-14-16-25)40-37(44)47-24(5)6/h18-20,23-25,27,31-33H,8-17,21-22H2,1-7H3,(H,40,44). The number of hydrogen-bond donors (Lipinski definition) is 1. The van der Waals surface area contributed by atoms with E-state index in [4.69, 9.17) is 28.9 Å². The lowest BCUT2D eigenvalue weighted by atomic mass is 9.93. The van der Waals surface area contributed by atoms with Crippen molar-refractivity contribution in [1.82, 2.24) is 20.2 Å². The number of aryl methyl sites for hydroxylation is 1. The molecule has 2 aliphatic rings. The molecule has 2 heterocycles. The van der Waals surface area contributed by atoms with E-state index in [1.165, 1.54) is 0 Å². The molecule has 4 rings (SSSR count). The molecule has 1 aliphatic carbocycles. The quantitative estimate of drug-likeness (QED) is 0.155. The highest BCUT2D eigenvalue weighted by Gasteiger charge is 2.51. The molecule has 48 heavy (non-hydrogen) atoms. The van der Waals surface area contributed by atoms with Crippen molar-refractivity contribution in [3.05, 3.63) is 23.9 Å². The first kappa shape index (κ1) is 37.2. The number of fused-ring (bicyclic) bond motifs is 1. The van der Waals surface area contributed by atoms with Crippen LogP contribution in [-0.2, 0) is 25.5 Å². The first-order valence-electron chi connectivity index (χ1n) is 18.0. The smallest absolute Gasteiger partial charge is 0.408 e. The van der Waals surface area contributed by atoms with E-state index in [0.717, 1.165) is 62.6 Å². The minimum Gasteiger partial charge on any atom is -0.497 e. The molecular weight excluding hydrogens is 612 g/mol. The second kappa shape index (κ2) is 17.7. The molecule has 1 saturated heterocycles. The number of likely N-dealkylation sites (tertiary alicyclic amines) is 1. The molecule has 1 aliphatic heterocycles. The van der Waals surface area contributed by atoms with Crippen LogP contribution in [0.2, 0.25) is 0 Å². The molecule has 11 heteroatoms. The van der Waals surface area contributed by atoms with Gasteiger partial charge in [-0.25, -0.2) is 19.6 Å². The van der Waals surface area contributed by atoms with E-state index in [1.54, 1.807) is 25.9 Å². The lowest BCUT2D eigenvalue weighted by Gasteiger charge is -2.32. The number of carbonyl (C=O) groups is 3. The SMILES string of the molecule is CCCCCCc1nc2ccc(OC)cc2nc1OC1CN(C(=O)C(NC(=O)OC(C)C)C2CCCC2)C(C(=O)OCC(C)C)C1CC. The Morgan fingerprint density at radius 2 is 1.75 bits per heavy atom. The lowest BCUT2D eigenvalue weighted by Crippen LogP contribution is -2.55. The monoisotopic (exact) mass is 668 g/mol. The Balaban J connectivity index is 1.70. The Kier molecular flexibility index (Phi) is 13.7. The predicted octanol–water partition coefficient (Wildman–Crippen LogP) is 6.64. The van der Waals surface area contributed by atoms with Crippen LogP contribution in [0.4, 0.5) is 4.79 Å². The first-order chi connectivity index (χ1) is 23.1. The van der Waals surface area contributed by atoms with Crippen molar-refractivity contribution in [3.63, 3.8) is 0 Å². The maximum atomic E-state index is 14.5. The second-order valence-electron chi connectivity index (χ2n) is 13.9. The van der Waals surface area contributed by atoms with Crippen LogP contribution in [0.25, 0.3) is 11.0 Å². The van der Waals surface area contributed by atoms with Gasteiger partial charge >= 0.3 is 12.1 Å². The van der Waals surface area contributed by atoms with Crippen molar-refractivity contribution >= 4 is 29.0 Å². The van der Waals surface area contributed by atoms with Crippen molar-refractivity contribution in [2.24, 2.45) is 17.8 Å². The van der Waals surface area contributed by atoms with Gasteiger partial charge in [-0.05, 0) is 69.9 Å². The van der Waals surface area contributed by atoms with Gasteiger partial charge < -0.3 is 29.2 Å². The summed E-state index contributed by atoms with van der Waals surface area (Å²) in [5.41, 5.74) is 2.14. The fourth-order valence-electron chi connectivity index (χ4n) is 6.88. The molecule has 2 fully saturated rings. The Labute approximate surface area is 285 Å². The number of benzene rings is 1. The molecular formula is C37H56N4O7. The van der Waals surface area contributed by atoms with Gasteiger partial charge in [-0.15, -0.1) is 0 Å². The van der Waals surface area contributed by atoms with Gasteiger partial charge in [0.1, 0.15) is 29.6 Å². The first-order valence-corrected chi connectivity index (χ1v) is 18.0. The Bertz CT molecular complexity index is 1380. The van der Waals surface area contributed by atoms with E-state index in [0.29, 0.717) is 30.0 Å². The number of aromatic nitrogens is 2. The molecule has 0 spiro atoms. The molecule has 1 N–H and O–H groups in total. The molecule has 1 saturated carbocycles. The maximum absolute atomic E-state index is 14.5. The number of nitrogens with one attached hydrogen (secondary N) is 1. The summed E-state index contributed by atoms with van der Waals surface area (Å²) in [6.45, 7) is 12.1. The van der Waals surface area contributed by atoms with Crippen molar-refractivity contribution in [3.8, 4) is 11.6 Å².